The predicted octanol–water partition coefficient (Wildman–Crippen LogP) is 1.67. The number of fused-ring (bicyclic) bond motifs is 1. The molecule has 1 aromatic carbocycles. The summed E-state index contributed by atoms with van der Waals surface area (Å²) in [4.78, 5) is 24.4. The summed E-state index contributed by atoms with van der Waals surface area (Å²) in [5.41, 5.74) is 1.52. The first-order chi connectivity index (χ1) is 9.70. The van der Waals surface area contributed by atoms with Crippen molar-refractivity contribution in [2.45, 2.75) is 17.7 Å². The van der Waals surface area contributed by atoms with Crippen LogP contribution < -0.4 is 16.0 Å². The van der Waals surface area contributed by atoms with E-state index in [4.69, 9.17) is 0 Å². The Morgan fingerprint density at radius 2 is 2.35 bits per heavy atom. The maximum absolute atomic E-state index is 12.0. The molecule has 2 amide bonds. The molecular weight excluding hydrogens is 274 g/mol. The zero-order valence-corrected chi connectivity index (χ0v) is 11.9. The van der Waals surface area contributed by atoms with E-state index >= 15 is 0 Å². The Hall–Kier alpha value is -1.53. The van der Waals surface area contributed by atoms with Crippen LogP contribution in [-0.4, -0.2) is 30.7 Å². The third-order valence-electron chi connectivity index (χ3n) is 3.53. The van der Waals surface area contributed by atoms with Crippen molar-refractivity contribution in [1.82, 2.24) is 5.32 Å². The highest BCUT2D eigenvalue weighted by Crippen LogP contribution is 2.33. The molecule has 2 heterocycles. The number of nitrogens with one attached hydrogen (secondary N) is 3. The molecule has 2 aliphatic heterocycles. The summed E-state index contributed by atoms with van der Waals surface area (Å²) in [6.07, 6.45) is 1.61. The largest absolute Gasteiger partial charge is 0.326 e. The number of carbonyl (C=O) groups is 2. The van der Waals surface area contributed by atoms with E-state index < -0.39 is 0 Å². The number of thioether (sulfide) groups is 1. The Morgan fingerprint density at radius 1 is 1.45 bits per heavy atom. The van der Waals surface area contributed by atoms with Crippen LogP contribution in [0.1, 0.15) is 12.8 Å². The molecule has 0 aromatic heterocycles. The van der Waals surface area contributed by atoms with Crippen LogP contribution in [0.2, 0.25) is 0 Å². The summed E-state index contributed by atoms with van der Waals surface area (Å²) < 4.78 is 0. The molecule has 3 rings (SSSR count). The molecule has 2 aliphatic rings. The van der Waals surface area contributed by atoms with E-state index in [0.717, 1.165) is 35.8 Å². The maximum Gasteiger partial charge on any atom is 0.234 e. The Balaban J connectivity index is 1.63. The van der Waals surface area contributed by atoms with Gasteiger partial charge in [0.25, 0.3) is 0 Å². The highest BCUT2D eigenvalue weighted by molar-refractivity contribution is 8.00. The van der Waals surface area contributed by atoms with E-state index in [1.165, 1.54) is 11.8 Å². The third-order valence-corrected chi connectivity index (χ3v) is 4.61. The van der Waals surface area contributed by atoms with Crippen molar-refractivity contribution < 1.29 is 9.59 Å². The molecule has 0 radical (unpaired) electrons. The number of benzene rings is 1. The van der Waals surface area contributed by atoms with Gasteiger partial charge in [-0.25, -0.2) is 0 Å². The van der Waals surface area contributed by atoms with Crippen LogP contribution in [0.15, 0.2) is 23.1 Å². The maximum atomic E-state index is 12.0. The van der Waals surface area contributed by atoms with E-state index in [1.54, 1.807) is 0 Å². The van der Waals surface area contributed by atoms with Crippen molar-refractivity contribution in [2.75, 3.05) is 29.5 Å². The Bertz CT molecular complexity index is 541. The van der Waals surface area contributed by atoms with Crippen LogP contribution in [0.4, 0.5) is 11.4 Å². The van der Waals surface area contributed by atoms with Crippen molar-refractivity contribution in [3.05, 3.63) is 18.2 Å². The minimum Gasteiger partial charge on any atom is -0.326 e. The summed E-state index contributed by atoms with van der Waals surface area (Å²) in [5.74, 6) is 0.923. The lowest BCUT2D eigenvalue weighted by Crippen LogP contribution is -2.20. The van der Waals surface area contributed by atoms with Crippen LogP contribution in [0.25, 0.3) is 0 Å². The second kappa shape index (κ2) is 5.85. The molecule has 1 atom stereocenters. The Morgan fingerprint density at radius 3 is 3.15 bits per heavy atom. The van der Waals surface area contributed by atoms with Gasteiger partial charge in [0.15, 0.2) is 0 Å². The molecule has 106 valence electrons. The lowest BCUT2D eigenvalue weighted by Gasteiger charge is -2.17. The molecule has 0 saturated carbocycles. The highest BCUT2D eigenvalue weighted by Gasteiger charge is 2.19. The van der Waals surface area contributed by atoms with E-state index in [1.807, 2.05) is 18.2 Å². The van der Waals surface area contributed by atoms with Crippen LogP contribution in [0.5, 0.6) is 0 Å². The van der Waals surface area contributed by atoms with Gasteiger partial charge in [-0.15, -0.1) is 11.8 Å². The highest BCUT2D eigenvalue weighted by atomic mass is 32.2. The molecule has 1 saturated heterocycles. The van der Waals surface area contributed by atoms with Crippen LogP contribution in [0.3, 0.4) is 0 Å². The van der Waals surface area contributed by atoms with Crippen molar-refractivity contribution in [3.63, 3.8) is 0 Å². The van der Waals surface area contributed by atoms with Gasteiger partial charge in [0.2, 0.25) is 11.8 Å². The fourth-order valence-electron chi connectivity index (χ4n) is 2.52. The average molecular weight is 291 g/mol. The van der Waals surface area contributed by atoms with Crippen molar-refractivity contribution in [1.29, 1.82) is 0 Å². The van der Waals surface area contributed by atoms with Gasteiger partial charge < -0.3 is 16.0 Å². The molecule has 0 aliphatic carbocycles. The van der Waals surface area contributed by atoms with E-state index in [2.05, 4.69) is 16.0 Å². The first kappa shape index (κ1) is 13.5. The number of hydrogen-bond acceptors (Lipinski definition) is 4. The van der Waals surface area contributed by atoms with Crippen molar-refractivity contribution in [2.24, 2.45) is 5.92 Å². The zero-order chi connectivity index (χ0) is 13.9. The molecule has 1 aromatic rings. The van der Waals surface area contributed by atoms with E-state index in [0.29, 0.717) is 18.1 Å². The molecule has 5 nitrogen and oxygen atoms in total. The fourth-order valence-corrected chi connectivity index (χ4v) is 3.31. The second-order valence-electron chi connectivity index (χ2n) is 5.16. The number of amides is 2. The smallest absolute Gasteiger partial charge is 0.234 e. The summed E-state index contributed by atoms with van der Waals surface area (Å²) in [6, 6.07) is 5.64. The summed E-state index contributed by atoms with van der Waals surface area (Å²) in [6.45, 7) is 1.92. The van der Waals surface area contributed by atoms with Gasteiger partial charge in [0, 0.05) is 17.0 Å². The summed E-state index contributed by atoms with van der Waals surface area (Å²) in [7, 11) is 0. The molecule has 6 heteroatoms. The van der Waals surface area contributed by atoms with Gasteiger partial charge in [-0.1, -0.05) is 0 Å². The number of rotatable bonds is 3. The quantitative estimate of drug-likeness (QED) is 0.792. The van der Waals surface area contributed by atoms with Gasteiger partial charge in [0.1, 0.15) is 0 Å². The lowest BCUT2D eigenvalue weighted by molar-refractivity contribution is -0.117. The normalized spacial score (nSPS) is 21.2. The summed E-state index contributed by atoms with van der Waals surface area (Å²) >= 11 is 1.52. The first-order valence-corrected chi connectivity index (χ1v) is 7.76. The molecule has 20 heavy (non-hydrogen) atoms. The van der Waals surface area contributed by atoms with Crippen LogP contribution in [-0.2, 0) is 9.59 Å². The molecule has 1 fully saturated rings. The van der Waals surface area contributed by atoms with Gasteiger partial charge in [-0.2, -0.15) is 0 Å². The number of carbonyl (C=O) groups excluding carboxylic acids is 2. The average Bonchev–Trinajstić information content (AvgIpc) is 2.91. The van der Waals surface area contributed by atoms with Crippen LogP contribution >= 0.6 is 11.8 Å². The minimum atomic E-state index is 0.00278. The third kappa shape index (κ3) is 3.13. The molecule has 3 N–H and O–H groups in total. The Kier molecular flexibility index (Phi) is 3.93. The monoisotopic (exact) mass is 291 g/mol. The van der Waals surface area contributed by atoms with Gasteiger partial charge in [0.05, 0.1) is 11.4 Å². The second-order valence-corrected chi connectivity index (χ2v) is 6.18. The van der Waals surface area contributed by atoms with Crippen molar-refractivity contribution >= 4 is 35.0 Å². The lowest BCUT2D eigenvalue weighted by atomic mass is 10.0. The minimum absolute atomic E-state index is 0.00278. The first-order valence-electron chi connectivity index (χ1n) is 6.78. The van der Waals surface area contributed by atoms with Crippen molar-refractivity contribution in [3.8, 4) is 0 Å². The van der Waals surface area contributed by atoms with Gasteiger partial charge in [-0.05, 0) is 43.6 Å². The number of hydrogen-bond donors (Lipinski definition) is 3. The molecular formula is C14H17N3O2S. The van der Waals surface area contributed by atoms with Gasteiger partial charge >= 0.3 is 0 Å². The van der Waals surface area contributed by atoms with Gasteiger partial charge in [-0.3, -0.25) is 9.59 Å². The topological polar surface area (TPSA) is 70.2 Å². The fraction of sp³-hybridized carbons (Fsp3) is 0.429. The van der Waals surface area contributed by atoms with E-state index in [9.17, 15) is 9.59 Å². The summed E-state index contributed by atoms with van der Waals surface area (Å²) in [5, 5.41) is 8.99. The molecule has 1 unspecified atom stereocenters. The van der Waals surface area contributed by atoms with Crippen LogP contribution in [0, 0.1) is 5.92 Å². The zero-order valence-electron chi connectivity index (χ0n) is 11.1. The number of anilines is 2. The Labute approximate surface area is 121 Å². The predicted molar refractivity (Wildman–Crippen MR) is 80.0 cm³/mol. The SMILES string of the molecule is O=C(CC1CCNC1)Nc1ccc2c(c1)NC(=O)CS2. The standard InChI is InChI=1S/C14H17N3O2S/c18-13(5-9-3-4-15-7-9)16-10-1-2-12-11(6-10)17-14(19)8-20-12/h1-2,6,9,15H,3-5,7-8H2,(H,16,18)(H,17,19). The molecule has 0 spiro atoms. The van der Waals surface area contributed by atoms with E-state index in [-0.39, 0.29) is 11.8 Å². The molecule has 0 bridgehead atoms.